The number of thioether (sulfide) groups is 1. The Bertz CT molecular complexity index is 342. The molecule has 0 saturated heterocycles. The molecule has 20 heavy (non-hydrogen) atoms. The quantitative estimate of drug-likeness (QED) is 0.621. The Kier molecular flexibility index (Phi) is 8.32. The Morgan fingerprint density at radius 3 is 2.35 bits per heavy atom. The van der Waals surface area contributed by atoms with Crippen molar-refractivity contribution in [3.63, 3.8) is 0 Å². The van der Waals surface area contributed by atoms with Gasteiger partial charge < -0.3 is 5.32 Å². The van der Waals surface area contributed by atoms with E-state index in [0.717, 1.165) is 6.54 Å². The van der Waals surface area contributed by atoms with Crippen LogP contribution in [0.2, 0.25) is 0 Å². The monoisotopic (exact) mass is 293 g/mol. The zero-order valence-electron chi connectivity index (χ0n) is 13.6. The van der Waals surface area contributed by atoms with Crippen LogP contribution in [0.25, 0.3) is 0 Å². The third-order valence-corrected chi connectivity index (χ3v) is 4.13. The molecule has 0 aliphatic heterocycles. The predicted molar refractivity (Wildman–Crippen MR) is 93.5 cm³/mol. The van der Waals surface area contributed by atoms with Crippen LogP contribution in [0.3, 0.4) is 0 Å². The zero-order chi connectivity index (χ0) is 14.8. The summed E-state index contributed by atoms with van der Waals surface area (Å²) in [7, 11) is 0. The van der Waals surface area contributed by atoms with Crippen molar-refractivity contribution in [3.8, 4) is 0 Å². The lowest BCUT2D eigenvalue weighted by Gasteiger charge is -2.27. The summed E-state index contributed by atoms with van der Waals surface area (Å²) in [4.78, 5) is 0. The first-order valence-corrected chi connectivity index (χ1v) is 9.19. The maximum atomic E-state index is 3.76. The van der Waals surface area contributed by atoms with Crippen LogP contribution in [0, 0.1) is 5.41 Å². The molecule has 1 rings (SSSR count). The summed E-state index contributed by atoms with van der Waals surface area (Å²) in [6.45, 7) is 8.10. The summed E-state index contributed by atoms with van der Waals surface area (Å²) in [5.41, 5.74) is 1.78. The second-order valence-corrected chi connectivity index (χ2v) is 7.72. The molecule has 1 aromatic rings. The van der Waals surface area contributed by atoms with Crippen LogP contribution in [0.15, 0.2) is 30.3 Å². The van der Waals surface area contributed by atoms with Crippen molar-refractivity contribution in [2.24, 2.45) is 5.41 Å². The first-order valence-electron chi connectivity index (χ1n) is 7.80. The van der Waals surface area contributed by atoms with Gasteiger partial charge in [-0.3, -0.25) is 0 Å². The van der Waals surface area contributed by atoms with Gasteiger partial charge in [0.25, 0.3) is 0 Å². The second-order valence-electron chi connectivity index (χ2n) is 6.74. The van der Waals surface area contributed by atoms with Crippen LogP contribution < -0.4 is 5.32 Å². The molecule has 0 bridgehead atoms. The lowest BCUT2D eigenvalue weighted by atomic mass is 9.85. The minimum Gasteiger partial charge on any atom is -0.310 e. The molecule has 0 aliphatic rings. The molecule has 114 valence electrons. The van der Waals surface area contributed by atoms with E-state index in [4.69, 9.17) is 0 Å². The highest BCUT2D eigenvalue weighted by molar-refractivity contribution is 7.98. The van der Waals surface area contributed by atoms with Gasteiger partial charge in [0.2, 0.25) is 0 Å². The zero-order valence-corrected chi connectivity index (χ0v) is 14.4. The van der Waals surface area contributed by atoms with Crippen LogP contribution >= 0.6 is 11.8 Å². The van der Waals surface area contributed by atoms with E-state index < -0.39 is 0 Å². The fourth-order valence-corrected chi connectivity index (χ4v) is 2.92. The molecule has 0 aromatic heterocycles. The van der Waals surface area contributed by atoms with Crippen molar-refractivity contribution in [2.75, 3.05) is 18.6 Å². The van der Waals surface area contributed by atoms with Gasteiger partial charge in [-0.1, -0.05) is 57.5 Å². The van der Waals surface area contributed by atoms with Crippen LogP contribution in [-0.4, -0.2) is 18.6 Å². The van der Waals surface area contributed by atoms with Crippen LogP contribution in [0.1, 0.15) is 58.1 Å². The fourth-order valence-electron chi connectivity index (χ4n) is 2.43. The Morgan fingerprint density at radius 2 is 1.75 bits per heavy atom. The minimum atomic E-state index is 0.354. The van der Waals surface area contributed by atoms with Gasteiger partial charge in [-0.15, -0.1) is 0 Å². The highest BCUT2D eigenvalue weighted by Crippen LogP contribution is 2.29. The van der Waals surface area contributed by atoms with Gasteiger partial charge in [0.1, 0.15) is 0 Å². The van der Waals surface area contributed by atoms with E-state index in [1.165, 1.54) is 37.0 Å². The third-order valence-electron chi connectivity index (χ3n) is 3.43. The summed E-state index contributed by atoms with van der Waals surface area (Å²) in [6, 6.07) is 11.4. The summed E-state index contributed by atoms with van der Waals surface area (Å²) in [5.74, 6) is 1.30. The standard InChI is InChI=1S/C18H31NS/c1-18(2,3)15-17(16-11-7-5-8-12-16)19-13-9-6-10-14-20-4/h5,7-8,11-12,17,19H,6,9-10,13-15H2,1-4H3. The largest absolute Gasteiger partial charge is 0.310 e. The molecule has 1 N–H and O–H groups in total. The molecule has 1 nitrogen and oxygen atoms in total. The van der Waals surface area contributed by atoms with Crippen molar-refractivity contribution in [2.45, 2.75) is 52.5 Å². The van der Waals surface area contributed by atoms with Gasteiger partial charge in [-0.05, 0) is 48.8 Å². The summed E-state index contributed by atoms with van der Waals surface area (Å²) >= 11 is 1.95. The van der Waals surface area contributed by atoms with Crippen molar-refractivity contribution in [3.05, 3.63) is 35.9 Å². The molecule has 0 heterocycles. The first kappa shape index (κ1) is 17.6. The summed E-state index contributed by atoms with van der Waals surface area (Å²) < 4.78 is 0. The van der Waals surface area contributed by atoms with E-state index in [-0.39, 0.29) is 0 Å². The average Bonchev–Trinajstić information content (AvgIpc) is 2.41. The number of benzene rings is 1. The number of nitrogens with one attached hydrogen (secondary N) is 1. The van der Waals surface area contributed by atoms with Crippen molar-refractivity contribution >= 4 is 11.8 Å². The topological polar surface area (TPSA) is 12.0 Å². The van der Waals surface area contributed by atoms with Gasteiger partial charge in [-0.2, -0.15) is 11.8 Å². The maximum Gasteiger partial charge on any atom is 0.0325 e. The number of hydrogen-bond acceptors (Lipinski definition) is 2. The van der Waals surface area contributed by atoms with E-state index in [1.54, 1.807) is 0 Å². The average molecular weight is 294 g/mol. The SMILES string of the molecule is CSCCCCCNC(CC(C)(C)C)c1ccccc1. The van der Waals surface area contributed by atoms with Gasteiger partial charge >= 0.3 is 0 Å². The molecular formula is C18H31NS. The number of hydrogen-bond donors (Lipinski definition) is 1. The van der Waals surface area contributed by atoms with E-state index >= 15 is 0 Å². The normalized spacial score (nSPS) is 13.4. The maximum absolute atomic E-state index is 3.76. The van der Waals surface area contributed by atoms with Gasteiger partial charge in [0.05, 0.1) is 0 Å². The molecule has 0 radical (unpaired) electrons. The predicted octanol–water partition coefficient (Wildman–Crippen LogP) is 5.29. The molecular weight excluding hydrogens is 262 g/mol. The second kappa shape index (κ2) is 9.46. The molecule has 0 spiro atoms. The van der Waals surface area contributed by atoms with E-state index in [9.17, 15) is 0 Å². The highest BCUT2D eigenvalue weighted by Gasteiger charge is 2.19. The number of unbranched alkanes of at least 4 members (excludes halogenated alkanes) is 2. The van der Waals surface area contributed by atoms with Crippen molar-refractivity contribution in [1.82, 2.24) is 5.32 Å². The highest BCUT2D eigenvalue weighted by atomic mass is 32.2. The number of rotatable bonds is 9. The molecule has 0 saturated carbocycles. The molecule has 1 aromatic carbocycles. The fraction of sp³-hybridized carbons (Fsp3) is 0.667. The van der Waals surface area contributed by atoms with Crippen molar-refractivity contribution < 1.29 is 0 Å². The van der Waals surface area contributed by atoms with E-state index in [2.05, 4.69) is 62.7 Å². The lowest BCUT2D eigenvalue weighted by Crippen LogP contribution is -2.26. The van der Waals surface area contributed by atoms with Gasteiger partial charge in [-0.25, -0.2) is 0 Å². The van der Waals surface area contributed by atoms with E-state index in [1.807, 2.05) is 11.8 Å². The van der Waals surface area contributed by atoms with Crippen LogP contribution in [0.4, 0.5) is 0 Å². The molecule has 2 heteroatoms. The Hall–Kier alpha value is -0.470. The summed E-state index contributed by atoms with van der Waals surface area (Å²) in [5, 5.41) is 3.76. The Morgan fingerprint density at radius 1 is 1.05 bits per heavy atom. The molecule has 0 fully saturated rings. The van der Waals surface area contributed by atoms with Gasteiger partial charge in [0.15, 0.2) is 0 Å². The first-order chi connectivity index (χ1) is 9.53. The molecule has 0 amide bonds. The Labute approximate surface area is 129 Å². The molecule has 1 atom stereocenters. The molecule has 0 aliphatic carbocycles. The van der Waals surface area contributed by atoms with Crippen LogP contribution in [-0.2, 0) is 0 Å². The molecule has 1 unspecified atom stereocenters. The van der Waals surface area contributed by atoms with Crippen molar-refractivity contribution in [1.29, 1.82) is 0 Å². The third kappa shape index (κ3) is 7.96. The summed E-state index contributed by atoms with van der Waals surface area (Å²) in [6.07, 6.45) is 7.34. The minimum absolute atomic E-state index is 0.354. The Balaban J connectivity index is 2.43. The van der Waals surface area contributed by atoms with Gasteiger partial charge in [0, 0.05) is 6.04 Å². The van der Waals surface area contributed by atoms with Crippen LogP contribution in [0.5, 0.6) is 0 Å². The smallest absolute Gasteiger partial charge is 0.0325 e. The van der Waals surface area contributed by atoms with E-state index in [0.29, 0.717) is 11.5 Å². The lowest BCUT2D eigenvalue weighted by molar-refractivity contribution is 0.310.